The van der Waals surface area contributed by atoms with Gasteiger partial charge in [-0.3, -0.25) is 4.79 Å². The fourth-order valence-corrected chi connectivity index (χ4v) is 3.39. The molecule has 0 spiro atoms. The summed E-state index contributed by atoms with van der Waals surface area (Å²) in [5.41, 5.74) is 2.37. The van der Waals surface area contributed by atoms with Crippen molar-refractivity contribution in [1.29, 1.82) is 0 Å². The Labute approximate surface area is 150 Å². The summed E-state index contributed by atoms with van der Waals surface area (Å²) in [5, 5.41) is 9.58. The van der Waals surface area contributed by atoms with Crippen molar-refractivity contribution in [3.63, 3.8) is 0 Å². The third kappa shape index (κ3) is 3.56. The van der Waals surface area contributed by atoms with Crippen LogP contribution in [0.1, 0.15) is 6.92 Å². The van der Waals surface area contributed by atoms with Gasteiger partial charge in [-0.25, -0.2) is 4.98 Å². The molecule has 1 amide bonds. The molecule has 128 valence electrons. The molecule has 1 N–H and O–H groups in total. The van der Waals surface area contributed by atoms with Crippen LogP contribution in [0, 0.1) is 0 Å². The molecule has 0 fully saturated rings. The Hall–Kier alpha value is -2.67. The second-order valence-corrected chi connectivity index (χ2v) is 6.85. The first-order valence-corrected chi connectivity index (χ1v) is 8.80. The van der Waals surface area contributed by atoms with Gasteiger partial charge in [-0.2, -0.15) is 0 Å². The smallest absolute Gasteiger partial charge is 0.236 e. The van der Waals surface area contributed by atoms with E-state index in [2.05, 4.69) is 33.3 Å². The Bertz CT molecular complexity index is 926. The molecule has 3 rings (SSSR count). The number of fused-ring (bicyclic) bond motifs is 3. The molecular weight excluding hydrogens is 334 g/mol. The number of carbonyl (C=O) groups is 1. The molecule has 2 aromatic heterocycles. The molecule has 0 saturated heterocycles. The van der Waals surface area contributed by atoms with Gasteiger partial charge in [-0.05, 0) is 13.0 Å². The summed E-state index contributed by atoms with van der Waals surface area (Å²) < 4.78 is 0. The molecular formula is C18H19N5OS. The van der Waals surface area contributed by atoms with Crippen LogP contribution >= 0.6 is 11.8 Å². The van der Waals surface area contributed by atoms with Crippen molar-refractivity contribution < 1.29 is 4.79 Å². The number of nitrogens with zero attached hydrogens (tertiary/aromatic N) is 4. The summed E-state index contributed by atoms with van der Waals surface area (Å²) in [4.78, 5) is 22.0. The fraction of sp³-hybridized carbons (Fsp3) is 0.222. The quantitative estimate of drug-likeness (QED) is 0.521. The van der Waals surface area contributed by atoms with E-state index in [0.717, 1.165) is 16.4 Å². The number of amides is 1. The number of aromatic amines is 1. The van der Waals surface area contributed by atoms with Gasteiger partial charge in [-0.15, -0.1) is 23.4 Å². The monoisotopic (exact) mass is 353 g/mol. The minimum absolute atomic E-state index is 0.00913. The third-order valence-electron chi connectivity index (χ3n) is 3.74. The third-order valence-corrected chi connectivity index (χ3v) is 4.68. The van der Waals surface area contributed by atoms with Gasteiger partial charge in [0.1, 0.15) is 5.52 Å². The highest BCUT2D eigenvalue weighted by molar-refractivity contribution is 8.00. The summed E-state index contributed by atoms with van der Waals surface area (Å²) in [5.74, 6) is -0.00913. The minimum atomic E-state index is -0.330. The van der Waals surface area contributed by atoms with Crippen molar-refractivity contribution in [2.45, 2.75) is 17.3 Å². The maximum atomic E-state index is 12.6. The number of aromatic nitrogens is 4. The minimum Gasteiger partial charge on any atom is -0.338 e. The molecule has 0 aliphatic carbocycles. The van der Waals surface area contributed by atoms with E-state index in [9.17, 15) is 4.79 Å². The second-order valence-electron chi connectivity index (χ2n) is 5.54. The Balaban J connectivity index is 1.81. The predicted molar refractivity (Wildman–Crippen MR) is 101 cm³/mol. The summed E-state index contributed by atoms with van der Waals surface area (Å²) >= 11 is 1.29. The molecule has 6 nitrogen and oxygen atoms in total. The highest BCUT2D eigenvalue weighted by atomic mass is 32.2. The zero-order chi connectivity index (χ0) is 17.8. The lowest BCUT2D eigenvalue weighted by Crippen LogP contribution is -2.36. The number of para-hydroxylation sites is 1. The summed E-state index contributed by atoms with van der Waals surface area (Å²) in [6.45, 7) is 10.2. The van der Waals surface area contributed by atoms with Gasteiger partial charge in [0.25, 0.3) is 0 Å². The van der Waals surface area contributed by atoms with Crippen molar-refractivity contribution in [3.8, 4) is 0 Å². The molecule has 3 aromatic rings. The Morgan fingerprint density at radius 3 is 2.72 bits per heavy atom. The van der Waals surface area contributed by atoms with Gasteiger partial charge in [0.15, 0.2) is 5.65 Å². The molecule has 25 heavy (non-hydrogen) atoms. The van der Waals surface area contributed by atoms with Crippen LogP contribution in [0.3, 0.4) is 0 Å². The molecule has 0 aliphatic rings. The molecule has 0 saturated carbocycles. The van der Waals surface area contributed by atoms with Crippen molar-refractivity contribution in [2.24, 2.45) is 0 Å². The highest BCUT2D eigenvalue weighted by Gasteiger charge is 2.21. The van der Waals surface area contributed by atoms with Gasteiger partial charge in [-0.1, -0.05) is 42.1 Å². The van der Waals surface area contributed by atoms with Crippen LogP contribution in [0.2, 0.25) is 0 Å². The lowest BCUT2D eigenvalue weighted by molar-refractivity contribution is -0.129. The van der Waals surface area contributed by atoms with Crippen LogP contribution in [0.5, 0.6) is 0 Å². The normalized spacial score (nSPS) is 12.2. The van der Waals surface area contributed by atoms with Crippen molar-refractivity contribution in [3.05, 3.63) is 49.6 Å². The summed E-state index contributed by atoms with van der Waals surface area (Å²) in [6, 6.07) is 7.86. The number of rotatable bonds is 7. The average molecular weight is 353 g/mol. The first-order chi connectivity index (χ1) is 12.1. The number of hydrogen-bond acceptors (Lipinski definition) is 5. The van der Waals surface area contributed by atoms with E-state index < -0.39 is 0 Å². The van der Waals surface area contributed by atoms with Crippen LogP contribution in [-0.4, -0.2) is 49.3 Å². The number of H-pyrrole nitrogens is 1. The zero-order valence-corrected chi connectivity index (χ0v) is 14.8. The second kappa shape index (κ2) is 7.48. The summed E-state index contributed by atoms with van der Waals surface area (Å²) in [6.07, 6.45) is 3.40. The molecule has 2 heterocycles. The number of carbonyl (C=O) groups excluding carboxylic acids is 1. The molecule has 1 unspecified atom stereocenters. The molecule has 1 aromatic carbocycles. The molecule has 0 aliphatic heterocycles. The first-order valence-electron chi connectivity index (χ1n) is 7.92. The Morgan fingerprint density at radius 2 is 2.00 bits per heavy atom. The van der Waals surface area contributed by atoms with Crippen molar-refractivity contribution >= 4 is 39.7 Å². The van der Waals surface area contributed by atoms with Crippen LogP contribution < -0.4 is 0 Å². The van der Waals surface area contributed by atoms with E-state index in [1.807, 2.05) is 31.2 Å². The van der Waals surface area contributed by atoms with Gasteiger partial charge >= 0.3 is 0 Å². The Morgan fingerprint density at radius 1 is 1.28 bits per heavy atom. The van der Waals surface area contributed by atoms with Crippen molar-refractivity contribution in [2.75, 3.05) is 13.1 Å². The van der Waals surface area contributed by atoms with Crippen molar-refractivity contribution in [1.82, 2.24) is 25.1 Å². The number of benzene rings is 1. The van der Waals surface area contributed by atoms with Crippen LogP contribution in [0.4, 0.5) is 0 Å². The van der Waals surface area contributed by atoms with Gasteiger partial charge < -0.3 is 9.88 Å². The lowest BCUT2D eigenvalue weighted by Gasteiger charge is -2.22. The Kier molecular flexibility index (Phi) is 5.14. The maximum absolute atomic E-state index is 12.6. The number of nitrogens with one attached hydrogen (secondary N) is 1. The summed E-state index contributed by atoms with van der Waals surface area (Å²) in [7, 11) is 0. The van der Waals surface area contributed by atoms with Crippen LogP contribution in [-0.2, 0) is 4.79 Å². The van der Waals surface area contributed by atoms with E-state index in [1.165, 1.54) is 11.8 Å². The molecule has 0 radical (unpaired) electrons. The van der Waals surface area contributed by atoms with Gasteiger partial charge in [0, 0.05) is 24.0 Å². The van der Waals surface area contributed by atoms with E-state index >= 15 is 0 Å². The van der Waals surface area contributed by atoms with E-state index in [0.29, 0.717) is 23.9 Å². The number of hydrogen-bond donors (Lipinski definition) is 1. The van der Waals surface area contributed by atoms with E-state index in [-0.39, 0.29) is 11.2 Å². The fourth-order valence-electron chi connectivity index (χ4n) is 2.59. The molecule has 7 heteroatoms. The topological polar surface area (TPSA) is 74.8 Å². The zero-order valence-electron chi connectivity index (χ0n) is 14.0. The maximum Gasteiger partial charge on any atom is 0.236 e. The largest absolute Gasteiger partial charge is 0.338 e. The SMILES string of the molecule is C=CCN(CC=C)C(=O)C(C)Sc1nnc2c(n1)[nH]c1ccccc12. The first kappa shape index (κ1) is 17.2. The highest BCUT2D eigenvalue weighted by Crippen LogP contribution is 2.25. The van der Waals surface area contributed by atoms with Crippen LogP contribution in [0.15, 0.2) is 54.7 Å². The van der Waals surface area contributed by atoms with Gasteiger partial charge in [0.2, 0.25) is 11.1 Å². The van der Waals surface area contributed by atoms with E-state index in [1.54, 1.807) is 17.1 Å². The van der Waals surface area contributed by atoms with Gasteiger partial charge in [0.05, 0.1) is 5.25 Å². The van der Waals surface area contributed by atoms with Crippen LogP contribution in [0.25, 0.3) is 22.1 Å². The van der Waals surface area contributed by atoms with E-state index in [4.69, 9.17) is 0 Å². The average Bonchev–Trinajstić information content (AvgIpc) is 2.98. The molecule has 0 bridgehead atoms. The predicted octanol–water partition coefficient (Wildman–Crippen LogP) is 3.19. The lowest BCUT2D eigenvalue weighted by atomic mass is 10.2. The number of thioether (sulfide) groups is 1. The standard InChI is InChI=1S/C18H19N5OS/c1-4-10-23(11-5-2)17(24)12(3)25-18-20-16-15(21-22-18)13-8-6-7-9-14(13)19-16/h4-9,12H,1-2,10-11H2,3H3,(H,19,20,22). The molecule has 1 atom stereocenters.